The number of hydrogen-bond donors (Lipinski definition) is 1. The van der Waals surface area contributed by atoms with Crippen LogP contribution in [0.1, 0.15) is 37.7 Å². The van der Waals surface area contributed by atoms with Crippen molar-refractivity contribution in [2.75, 3.05) is 18.4 Å². The van der Waals surface area contributed by atoms with E-state index in [-0.39, 0.29) is 29.4 Å². The Morgan fingerprint density at radius 1 is 1.25 bits per heavy atom. The summed E-state index contributed by atoms with van der Waals surface area (Å²) < 4.78 is 39.9. The molecule has 1 aliphatic heterocycles. The second kappa shape index (κ2) is 6.80. The van der Waals surface area contributed by atoms with Crippen LogP contribution in [-0.4, -0.2) is 37.0 Å². The van der Waals surface area contributed by atoms with Crippen LogP contribution >= 0.6 is 0 Å². The van der Waals surface area contributed by atoms with Gasteiger partial charge >= 0.3 is 0 Å². The third-order valence-corrected chi connectivity index (χ3v) is 7.40. The second-order valence-corrected chi connectivity index (χ2v) is 8.96. The van der Waals surface area contributed by atoms with Crippen molar-refractivity contribution in [2.24, 2.45) is 5.92 Å². The Balaban J connectivity index is 1.62. The van der Waals surface area contributed by atoms with Crippen molar-refractivity contribution < 1.29 is 17.6 Å². The van der Waals surface area contributed by atoms with Crippen molar-refractivity contribution in [3.63, 3.8) is 0 Å². The molecule has 5 nitrogen and oxygen atoms in total. The van der Waals surface area contributed by atoms with Gasteiger partial charge in [0, 0.05) is 18.8 Å². The summed E-state index contributed by atoms with van der Waals surface area (Å²) in [5.41, 5.74) is 1.00. The average Bonchev–Trinajstić information content (AvgIpc) is 3.22. The summed E-state index contributed by atoms with van der Waals surface area (Å²) >= 11 is 0. The fraction of sp³-hybridized carbons (Fsp3) is 0.588. The molecule has 1 aliphatic carbocycles. The molecular weight excluding hydrogens is 331 g/mol. The Morgan fingerprint density at radius 2 is 1.96 bits per heavy atom. The van der Waals surface area contributed by atoms with Gasteiger partial charge in [0.2, 0.25) is 15.9 Å². The first-order valence-electron chi connectivity index (χ1n) is 8.44. The summed E-state index contributed by atoms with van der Waals surface area (Å²) in [4.78, 5) is 12.4. The fourth-order valence-corrected chi connectivity index (χ4v) is 5.64. The lowest BCUT2D eigenvalue weighted by molar-refractivity contribution is -0.119. The topological polar surface area (TPSA) is 66.5 Å². The summed E-state index contributed by atoms with van der Waals surface area (Å²) in [5.74, 6) is -0.876. The van der Waals surface area contributed by atoms with Crippen molar-refractivity contribution in [3.8, 4) is 0 Å². The zero-order valence-electron chi connectivity index (χ0n) is 13.8. The van der Waals surface area contributed by atoms with Crippen LogP contribution in [0.15, 0.2) is 18.2 Å². The Morgan fingerprint density at radius 3 is 2.62 bits per heavy atom. The summed E-state index contributed by atoms with van der Waals surface area (Å²) in [6.07, 6.45) is 3.91. The minimum absolute atomic E-state index is 0.204. The van der Waals surface area contributed by atoms with E-state index in [4.69, 9.17) is 0 Å². The van der Waals surface area contributed by atoms with E-state index in [2.05, 4.69) is 5.32 Å². The van der Waals surface area contributed by atoms with Gasteiger partial charge in [0.15, 0.2) is 0 Å². The SMILES string of the molecule is Cc1cc(NC(=O)C2CCN(S(=O)(=O)C3CCCC3)C2)ccc1F. The number of sulfonamides is 1. The van der Waals surface area contributed by atoms with E-state index < -0.39 is 10.0 Å². The predicted molar refractivity (Wildman–Crippen MR) is 90.6 cm³/mol. The zero-order chi connectivity index (χ0) is 17.3. The molecule has 132 valence electrons. The number of carbonyl (C=O) groups excluding carboxylic acids is 1. The quantitative estimate of drug-likeness (QED) is 0.904. The predicted octanol–water partition coefficient (Wildman–Crippen LogP) is 2.67. The van der Waals surface area contributed by atoms with Gasteiger partial charge in [-0.3, -0.25) is 4.79 Å². The number of halogens is 1. The van der Waals surface area contributed by atoms with E-state index in [1.165, 1.54) is 16.4 Å². The van der Waals surface area contributed by atoms with Crippen LogP contribution in [0, 0.1) is 18.7 Å². The van der Waals surface area contributed by atoms with Gasteiger partial charge in [-0.1, -0.05) is 12.8 Å². The molecule has 0 bridgehead atoms. The van der Waals surface area contributed by atoms with Crippen LogP contribution in [0.2, 0.25) is 0 Å². The van der Waals surface area contributed by atoms with Crippen molar-refractivity contribution in [2.45, 2.75) is 44.3 Å². The van der Waals surface area contributed by atoms with Crippen molar-refractivity contribution >= 4 is 21.6 Å². The highest BCUT2D eigenvalue weighted by Gasteiger charge is 2.40. The molecule has 1 saturated carbocycles. The first kappa shape index (κ1) is 17.4. The molecule has 24 heavy (non-hydrogen) atoms. The van der Waals surface area contributed by atoms with Crippen LogP contribution in [0.3, 0.4) is 0 Å². The van der Waals surface area contributed by atoms with Crippen molar-refractivity contribution in [3.05, 3.63) is 29.6 Å². The van der Waals surface area contributed by atoms with E-state index in [0.29, 0.717) is 24.2 Å². The highest BCUT2D eigenvalue weighted by atomic mass is 32.2. The monoisotopic (exact) mass is 354 g/mol. The van der Waals surface area contributed by atoms with Gasteiger partial charge in [-0.15, -0.1) is 0 Å². The average molecular weight is 354 g/mol. The Labute approximate surface area is 142 Å². The van der Waals surface area contributed by atoms with Crippen LogP contribution in [0.4, 0.5) is 10.1 Å². The number of anilines is 1. The third-order valence-electron chi connectivity index (χ3n) is 5.03. The number of nitrogens with one attached hydrogen (secondary N) is 1. The van der Waals surface area contributed by atoms with Crippen molar-refractivity contribution in [1.29, 1.82) is 0 Å². The van der Waals surface area contributed by atoms with E-state index in [1.807, 2.05) is 0 Å². The minimum Gasteiger partial charge on any atom is -0.326 e. The molecule has 1 heterocycles. The molecule has 2 aliphatic rings. The normalized spacial score (nSPS) is 22.8. The maximum absolute atomic E-state index is 13.3. The van der Waals surface area contributed by atoms with E-state index >= 15 is 0 Å². The maximum Gasteiger partial charge on any atom is 0.228 e. The lowest BCUT2D eigenvalue weighted by atomic mass is 10.1. The first-order valence-corrected chi connectivity index (χ1v) is 9.94. The highest BCUT2D eigenvalue weighted by Crippen LogP contribution is 2.30. The molecule has 1 unspecified atom stereocenters. The largest absolute Gasteiger partial charge is 0.326 e. The summed E-state index contributed by atoms with van der Waals surface area (Å²) in [5, 5.41) is 2.49. The number of amides is 1. The standard InChI is InChI=1S/C17H23FN2O3S/c1-12-10-14(6-7-16(12)18)19-17(21)13-8-9-20(11-13)24(22,23)15-4-2-3-5-15/h6-7,10,13,15H,2-5,8-9,11H2,1H3,(H,19,21). The molecule has 0 radical (unpaired) electrons. The van der Waals surface area contributed by atoms with Crippen LogP contribution < -0.4 is 5.32 Å². The Hall–Kier alpha value is -1.47. The molecular formula is C17H23FN2O3S. The molecule has 1 saturated heterocycles. The fourth-order valence-electron chi connectivity index (χ4n) is 3.54. The number of rotatable bonds is 4. The minimum atomic E-state index is -3.29. The van der Waals surface area contributed by atoms with E-state index in [9.17, 15) is 17.6 Å². The molecule has 1 aromatic rings. The second-order valence-electron chi connectivity index (χ2n) is 6.75. The van der Waals surface area contributed by atoms with Crippen molar-refractivity contribution in [1.82, 2.24) is 4.31 Å². The van der Waals surface area contributed by atoms with Crippen LogP contribution in [0.5, 0.6) is 0 Å². The Bertz CT molecular complexity index is 729. The number of benzene rings is 1. The van der Waals surface area contributed by atoms with Gasteiger partial charge in [-0.25, -0.2) is 17.1 Å². The smallest absolute Gasteiger partial charge is 0.228 e. The van der Waals surface area contributed by atoms with Gasteiger partial charge in [0.25, 0.3) is 0 Å². The molecule has 3 rings (SSSR count). The van der Waals surface area contributed by atoms with Gasteiger partial charge < -0.3 is 5.32 Å². The number of carbonyl (C=O) groups is 1. The van der Waals surface area contributed by atoms with E-state index in [1.54, 1.807) is 13.0 Å². The molecule has 1 amide bonds. The molecule has 0 spiro atoms. The summed E-state index contributed by atoms with van der Waals surface area (Å²) in [7, 11) is -3.29. The van der Waals surface area contributed by atoms with Crippen LogP contribution in [-0.2, 0) is 14.8 Å². The summed E-state index contributed by atoms with van der Waals surface area (Å²) in [6.45, 7) is 2.28. The van der Waals surface area contributed by atoms with Gasteiger partial charge in [0.1, 0.15) is 5.82 Å². The van der Waals surface area contributed by atoms with Gasteiger partial charge in [-0.05, 0) is 49.9 Å². The molecule has 0 aromatic heterocycles. The zero-order valence-corrected chi connectivity index (χ0v) is 14.6. The summed E-state index contributed by atoms with van der Waals surface area (Å²) in [6, 6.07) is 4.41. The number of hydrogen-bond acceptors (Lipinski definition) is 3. The first-order chi connectivity index (χ1) is 11.4. The lowest BCUT2D eigenvalue weighted by Crippen LogP contribution is -2.37. The third kappa shape index (κ3) is 3.47. The maximum atomic E-state index is 13.3. The number of aryl methyl sites for hydroxylation is 1. The molecule has 1 atom stereocenters. The molecule has 2 fully saturated rings. The van der Waals surface area contributed by atoms with Crippen LogP contribution in [0.25, 0.3) is 0 Å². The molecule has 7 heteroatoms. The van der Waals surface area contributed by atoms with E-state index in [0.717, 1.165) is 25.7 Å². The highest BCUT2D eigenvalue weighted by molar-refractivity contribution is 7.89. The Kier molecular flexibility index (Phi) is 4.92. The number of nitrogens with zero attached hydrogens (tertiary/aromatic N) is 1. The lowest BCUT2D eigenvalue weighted by Gasteiger charge is -2.21. The van der Waals surface area contributed by atoms with Gasteiger partial charge in [-0.2, -0.15) is 0 Å². The molecule has 1 aromatic carbocycles. The van der Waals surface area contributed by atoms with Gasteiger partial charge in [0.05, 0.1) is 11.2 Å². The molecule has 1 N–H and O–H groups in total.